The van der Waals surface area contributed by atoms with Gasteiger partial charge >= 0.3 is 14.1 Å². The zero-order valence-electron chi connectivity index (χ0n) is 11.4. The van der Waals surface area contributed by atoms with Gasteiger partial charge in [0, 0.05) is 6.04 Å². The number of amides is 1. The molecule has 8 heteroatoms. The molecule has 1 aromatic rings. The number of hydrogen-bond donors (Lipinski definition) is 2. The molecule has 1 aliphatic carbocycles. The molecule has 1 aromatic carbocycles. The van der Waals surface area contributed by atoms with E-state index in [1.807, 2.05) is 0 Å². The van der Waals surface area contributed by atoms with Gasteiger partial charge in [0.05, 0.1) is 6.61 Å². The molecule has 0 aromatic heterocycles. The first kappa shape index (κ1) is 15.6. The Hall–Kier alpha value is -1.83. The number of halogens is 2. The van der Waals surface area contributed by atoms with Crippen LogP contribution in [0.5, 0.6) is 11.5 Å². The maximum absolute atomic E-state index is 12.5. The summed E-state index contributed by atoms with van der Waals surface area (Å²) in [6.07, 6.45) is 1.73. The van der Waals surface area contributed by atoms with E-state index in [2.05, 4.69) is 10.1 Å². The maximum Gasteiger partial charge on any atom is 0.387 e. The highest BCUT2D eigenvalue weighted by molar-refractivity contribution is 6.45. The van der Waals surface area contributed by atoms with Crippen LogP contribution in [0.4, 0.5) is 8.78 Å². The molecule has 1 saturated carbocycles. The van der Waals surface area contributed by atoms with Gasteiger partial charge in [-0.3, -0.25) is 4.79 Å². The second-order valence-corrected chi connectivity index (χ2v) is 4.58. The largest absolute Gasteiger partial charge is 0.493 e. The summed E-state index contributed by atoms with van der Waals surface area (Å²) in [5, 5.41) is 11.8. The number of carbonyl (C=O) groups excluding carboxylic acids is 1. The molecule has 113 valence electrons. The minimum atomic E-state index is -3.08. The monoisotopic (exact) mass is 298 g/mol. The summed E-state index contributed by atoms with van der Waals surface area (Å²) in [6, 6.07) is 2.62. The fraction of sp³-hybridized carbons (Fsp3) is 0.462. The molecule has 0 aliphatic heterocycles. The van der Waals surface area contributed by atoms with Crippen LogP contribution < -0.4 is 20.3 Å². The van der Waals surface area contributed by atoms with Gasteiger partial charge in [-0.2, -0.15) is 8.78 Å². The fourth-order valence-electron chi connectivity index (χ4n) is 1.85. The zero-order chi connectivity index (χ0) is 15.4. The molecule has 2 rings (SSSR count). The summed E-state index contributed by atoms with van der Waals surface area (Å²) in [5.41, 5.74) is 0.117. The van der Waals surface area contributed by atoms with Gasteiger partial charge in [0.1, 0.15) is 17.1 Å². The highest BCUT2D eigenvalue weighted by Gasteiger charge is 2.28. The maximum atomic E-state index is 12.5. The van der Waals surface area contributed by atoms with E-state index < -0.39 is 12.5 Å². The van der Waals surface area contributed by atoms with E-state index in [9.17, 15) is 13.6 Å². The zero-order valence-corrected chi connectivity index (χ0v) is 11.4. The summed E-state index contributed by atoms with van der Waals surface area (Å²) in [5.74, 6) is -0.760. The molecular weight excluding hydrogens is 283 g/mol. The molecule has 0 heterocycles. The predicted molar refractivity (Wildman–Crippen MR) is 72.3 cm³/mol. The van der Waals surface area contributed by atoms with E-state index in [0.29, 0.717) is 0 Å². The smallest absolute Gasteiger partial charge is 0.387 e. The number of hydrogen-bond acceptors (Lipinski definition) is 4. The molecule has 1 fully saturated rings. The molecular formula is C13H15BF2NO4. The summed E-state index contributed by atoms with van der Waals surface area (Å²) < 4.78 is 34.7. The number of carbonyl (C=O) groups is 1. The van der Waals surface area contributed by atoms with Crippen LogP contribution in [0.3, 0.4) is 0 Å². The van der Waals surface area contributed by atoms with Gasteiger partial charge in [-0.1, -0.05) is 0 Å². The van der Waals surface area contributed by atoms with Crippen LogP contribution in [-0.4, -0.2) is 37.7 Å². The summed E-state index contributed by atoms with van der Waals surface area (Å²) in [6.45, 7) is -1.14. The Balaban J connectivity index is 2.41. The first-order chi connectivity index (χ1) is 10.0. The first-order valence-corrected chi connectivity index (χ1v) is 6.59. The van der Waals surface area contributed by atoms with Gasteiger partial charge in [-0.15, -0.1) is 0 Å². The molecule has 0 saturated heterocycles. The van der Waals surface area contributed by atoms with Crippen molar-refractivity contribution in [2.75, 3.05) is 6.61 Å². The summed E-state index contributed by atoms with van der Waals surface area (Å²) >= 11 is 0. The average Bonchev–Trinajstić information content (AvgIpc) is 3.21. The van der Waals surface area contributed by atoms with Crippen molar-refractivity contribution in [3.8, 4) is 11.5 Å². The number of ether oxygens (including phenoxy) is 2. The van der Waals surface area contributed by atoms with Crippen molar-refractivity contribution in [3.63, 3.8) is 0 Å². The highest BCUT2D eigenvalue weighted by Crippen LogP contribution is 2.30. The van der Waals surface area contributed by atoms with Crippen molar-refractivity contribution in [1.29, 1.82) is 0 Å². The van der Waals surface area contributed by atoms with Crippen molar-refractivity contribution >= 4 is 18.9 Å². The molecule has 1 aliphatic rings. The van der Waals surface area contributed by atoms with Crippen LogP contribution >= 0.6 is 0 Å². The Morgan fingerprint density at radius 1 is 1.48 bits per heavy atom. The molecule has 5 nitrogen and oxygen atoms in total. The normalized spacial score (nSPS) is 14.0. The lowest BCUT2D eigenvalue weighted by molar-refractivity contribution is -0.0502. The lowest BCUT2D eigenvalue weighted by Crippen LogP contribution is -2.28. The van der Waals surface area contributed by atoms with Gasteiger partial charge in [-0.05, 0) is 37.4 Å². The number of alkyl halides is 2. The van der Waals surface area contributed by atoms with Crippen molar-refractivity contribution in [3.05, 3.63) is 17.7 Å². The van der Waals surface area contributed by atoms with Crippen LogP contribution in [-0.2, 0) is 0 Å². The molecule has 2 N–H and O–H groups in total. The van der Waals surface area contributed by atoms with Crippen molar-refractivity contribution in [2.45, 2.75) is 32.4 Å². The molecule has 1 amide bonds. The average molecular weight is 298 g/mol. The number of benzene rings is 1. The topological polar surface area (TPSA) is 67.8 Å². The van der Waals surface area contributed by atoms with Gasteiger partial charge < -0.3 is 19.8 Å². The van der Waals surface area contributed by atoms with E-state index in [1.54, 1.807) is 6.92 Å². The Bertz CT molecular complexity index is 523. The van der Waals surface area contributed by atoms with Gasteiger partial charge in [0.2, 0.25) is 0 Å². The van der Waals surface area contributed by atoms with Crippen molar-refractivity contribution < 1.29 is 28.1 Å². The molecule has 1 radical (unpaired) electrons. The number of nitrogens with one attached hydrogen (secondary N) is 1. The van der Waals surface area contributed by atoms with Crippen LogP contribution in [0.15, 0.2) is 12.1 Å². The first-order valence-electron chi connectivity index (χ1n) is 6.59. The third kappa shape index (κ3) is 4.07. The van der Waals surface area contributed by atoms with Crippen molar-refractivity contribution in [2.24, 2.45) is 0 Å². The van der Waals surface area contributed by atoms with E-state index in [0.717, 1.165) is 26.4 Å². The van der Waals surface area contributed by atoms with Crippen LogP contribution in [0.25, 0.3) is 0 Å². The van der Waals surface area contributed by atoms with Crippen LogP contribution in [0.1, 0.15) is 30.1 Å². The second-order valence-electron chi connectivity index (χ2n) is 4.58. The molecule has 0 bridgehead atoms. The van der Waals surface area contributed by atoms with E-state index in [4.69, 9.17) is 9.76 Å². The molecule has 0 unspecified atom stereocenters. The standard InChI is InChI=1S/C13H15BF2NO4/c1-2-20-9-5-7(14-19)6-10(21-13(15)16)11(9)12(18)17-8-3-4-8/h5-6,8,13,19H,2-4H2,1H3,(H,17,18). The van der Waals surface area contributed by atoms with Crippen molar-refractivity contribution in [1.82, 2.24) is 5.32 Å². The van der Waals surface area contributed by atoms with Gasteiger partial charge in [0.25, 0.3) is 5.91 Å². The third-order valence-corrected chi connectivity index (χ3v) is 2.89. The molecule has 0 spiro atoms. The lowest BCUT2D eigenvalue weighted by atomic mass is 9.87. The third-order valence-electron chi connectivity index (χ3n) is 2.89. The Kier molecular flexibility index (Phi) is 5.00. The summed E-state index contributed by atoms with van der Waals surface area (Å²) in [4.78, 5) is 12.2. The van der Waals surface area contributed by atoms with Crippen LogP contribution in [0.2, 0.25) is 0 Å². The SMILES string of the molecule is CCOc1cc([B]O)cc(OC(F)F)c1C(=O)NC1CC1. The fourth-order valence-corrected chi connectivity index (χ4v) is 1.85. The quantitative estimate of drug-likeness (QED) is 0.731. The lowest BCUT2D eigenvalue weighted by Gasteiger charge is -2.16. The minimum Gasteiger partial charge on any atom is -0.493 e. The van der Waals surface area contributed by atoms with Crippen LogP contribution in [0, 0.1) is 0 Å². The Labute approximate surface area is 121 Å². The molecule has 21 heavy (non-hydrogen) atoms. The van der Waals surface area contributed by atoms with E-state index in [-0.39, 0.29) is 35.2 Å². The van der Waals surface area contributed by atoms with Gasteiger partial charge in [-0.25, -0.2) is 0 Å². The second kappa shape index (κ2) is 6.75. The van der Waals surface area contributed by atoms with E-state index in [1.165, 1.54) is 6.07 Å². The number of rotatable bonds is 7. The summed E-state index contributed by atoms with van der Waals surface area (Å²) in [7, 11) is 0.726. The Morgan fingerprint density at radius 2 is 2.14 bits per heavy atom. The van der Waals surface area contributed by atoms with Gasteiger partial charge in [0.15, 0.2) is 0 Å². The van der Waals surface area contributed by atoms with E-state index >= 15 is 0 Å². The molecule has 0 atom stereocenters. The highest BCUT2D eigenvalue weighted by atomic mass is 19.3. The Morgan fingerprint density at radius 3 is 2.67 bits per heavy atom. The minimum absolute atomic E-state index is 0.0652. The predicted octanol–water partition coefficient (Wildman–Crippen LogP) is 0.816.